The van der Waals surface area contributed by atoms with Crippen LogP contribution in [-0.2, 0) is 5.33 Å². The molecule has 0 aliphatic carbocycles. The lowest BCUT2D eigenvalue weighted by atomic mass is 10.1. The Morgan fingerprint density at radius 3 is 2.61 bits per heavy atom. The molecule has 0 aliphatic rings. The quantitative estimate of drug-likeness (QED) is 0.777. The van der Waals surface area contributed by atoms with Crippen molar-refractivity contribution in [1.29, 1.82) is 0 Å². The Balaban J connectivity index is 2.60. The molecule has 2 nitrogen and oxygen atoms in total. The van der Waals surface area contributed by atoms with Crippen molar-refractivity contribution in [2.24, 2.45) is 0 Å². The first-order chi connectivity index (χ1) is 8.54. The molecule has 1 aromatic carbocycles. The summed E-state index contributed by atoms with van der Waals surface area (Å²) in [5, 5.41) is 4.85. The summed E-state index contributed by atoms with van der Waals surface area (Å²) in [5.74, 6) is -0.999. The zero-order valence-corrected chi connectivity index (χ0v) is 11.7. The minimum absolute atomic E-state index is 0.199. The summed E-state index contributed by atoms with van der Waals surface area (Å²) in [7, 11) is 0. The van der Waals surface area contributed by atoms with E-state index in [1.54, 1.807) is 6.20 Å². The van der Waals surface area contributed by atoms with E-state index < -0.39 is 11.6 Å². The van der Waals surface area contributed by atoms with Crippen molar-refractivity contribution in [2.45, 2.75) is 25.1 Å². The summed E-state index contributed by atoms with van der Waals surface area (Å²) in [6.07, 6.45) is 1.70. The number of hydrogen-bond acceptors (Lipinski definition) is 1. The maximum Gasteiger partial charge on any atom is 0.151 e. The highest BCUT2D eigenvalue weighted by Crippen LogP contribution is 2.25. The first kappa shape index (κ1) is 13.2. The molecule has 0 spiro atoms. The first-order valence-electron chi connectivity index (χ1n) is 5.62. The van der Waals surface area contributed by atoms with Crippen LogP contribution in [0.2, 0.25) is 0 Å². The van der Waals surface area contributed by atoms with E-state index in [0.29, 0.717) is 5.33 Å². The average molecular weight is 315 g/mol. The van der Waals surface area contributed by atoms with E-state index >= 15 is 0 Å². The van der Waals surface area contributed by atoms with E-state index in [1.165, 1.54) is 16.8 Å². The van der Waals surface area contributed by atoms with Crippen molar-refractivity contribution in [2.75, 3.05) is 0 Å². The van der Waals surface area contributed by atoms with Gasteiger partial charge in [-0.25, -0.2) is 13.5 Å². The van der Waals surface area contributed by atoms with Gasteiger partial charge in [-0.2, -0.15) is 5.10 Å². The Hall–Kier alpha value is -1.23. The maximum absolute atomic E-state index is 13.8. The highest BCUT2D eigenvalue weighted by atomic mass is 79.9. The van der Waals surface area contributed by atoms with E-state index in [4.69, 9.17) is 0 Å². The van der Waals surface area contributed by atoms with Crippen LogP contribution in [0.4, 0.5) is 8.78 Å². The molecule has 0 aliphatic heterocycles. The van der Waals surface area contributed by atoms with Crippen LogP contribution < -0.4 is 0 Å². The number of nitrogens with zero attached hydrogens (tertiary/aromatic N) is 2. The lowest BCUT2D eigenvalue weighted by Crippen LogP contribution is -2.07. The molecule has 0 fully saturated rings. The van der Waals surface area contributed by atoms with Gasteiger partial charge in [0.1, 0.15) is 11.5 Å². The molecule has 0 saturated heterocycles. The van der Waals surface area contributed by atoms with E-state index in [1.807, 2.05) is 13.8 Å². The monoisotopic (exact) mass is 314 g/mol. The minimum atomic E-state index is -0.610. The second-order valence-corrected chi connectivity index (χ2v) is 4.91. The second kappa shape index (κ2) is 5.18. The Bertz CT molecular complexity index is 564. The van der Waals surface area contributed by atoms with Gasteiger partial charge in [-0.1, -0.05) is 29.8 Å². The summed E-state index contributed by atoms with van der Waals surface area (Å²) in [6.45, 7) is 4.03. The van der Waals surface area contributed by atoms with Gasteiger partial charge in [-0.3, -0.25) is 0 Å². The normalized spacial score (nSPS) is 11.2. The zero-order chi connectivity index (χ0) is 13.3. The predicted octanol–water partition coefficient (Wildman–Crippen LogP) is 4.17. The molecule has 0 bridgehead atoms. The van der Waals surface area contributed by atoms with Gasteiger partial charge in [-0.15, -0.1) is 0 Å². The summed E-state index contributed by atoms with van der Waals surface area (Å²) in [6, 6.07) is 3.51. The number of aromatic nitrogens is 2. The van der Waals surface area contributed by atoms with Gasteiger partial charge in [0.15, 0.2) is 5.82 Å². The molecule has 96 valence electrons. The van der Waals surface area contributed by atoms with Crippen molar-refractivity contribution in [3.8, 4) is 5.69 Å². The largest absolute Gasteiger partial charge is 0.234 e. The molecule has 1 aromatic heterocycles. The number of alkyl halides is 1. The maximum atomic E-state index is 13.8. The van der Waals surface area contributed by atoms with E-state index in [2.05, 4.69) is 21.0 Å². The molecule has 0 N–H and O–H groups in total. The fourth-order valence-electron chi connectivity index (χ4n) is 1.96. The van der Waals surface area contributed by atoms with Crippen molar-refractivity contribution in [1.82, 2.24) is 9.78 Å². The van der Waals surface area contributed by atoms with Crippen LogP contribution in [-0.4, -0.2) is 9.78 Å². The fourth-order valence-corrected chi connectivity index (χ4v) is 2.39. The molecule has 2 rings (SSSR count). The molecule has 1 heterocycles. The lowest BCUT2D eigenvalue weighted by molar-refractivity contribution is 0.569. The molecule has 5 heteroatoms. The van der Waals surface area contributed by atoms with Gasteiger partial charge in [0, 0.05) is 17.0 Å². The average Bonchev–Trinajstić information content (AvgIpc) is 2.72. The van der Waals surface area contributed by atoms with Gasteiger partial charge in [-0.05, 0) is 18.1 Å². The van der Waals surface area contributed by atoms with Crippen molar-refractivity contribution in [3.63, 3.8) is 0 Å². The van der Waals surface area contributed by atoms with Crippen LogP contribution in [0.15, 0.2) is 24.4 Å². The van der Waals surface area contributed by atoms with Gasteiger partial charge < -0.3 is 0 Å². The molecule has 18 heavy (non-hydrogen) atoms. The van der Waals surface area contributed by atoms with Gasteiger partial charge in [0.25, 0.3) is 0 Å². The SMILES string of the molecule is CC(C)c1c(CBr)cnn1-c1ccc(F)cc1F. The third kappa shape index (κ3) is 2.32. The highest BCUT2D eigenvalue weighted by Gasteiger charge is 2.17. The van der Waals surface area contributed by atoms with Gasteiger partial charge in [0.2, 0.25) is 0 Å². The van der Waals surface area contributed by atoms with Crippen molar-refractivity contribution >= 4 is 15.9 Å². The Kier molecular flexibility index (Phi) is 3.80. The van der Waals surface area contributed by atoms with Gasteiger partial charge in [0.05, 0.1) is 11.9 Å². The smallest absolute Gasteiger partial charge is 0.151 e. The second-order valence-electron chi connectivity index (χ2n) is 4.35. The molecule has 0 atom stereocenters. The molecule has 0 unspecified atom stereocenters. The fraction of sp³-hybridized carbons (Fsp3) is 0.308. The number of benzene rings is 1. The third-order valence-corrected chi connectivity index (χ3v) is 3.32. The Morgan fingerprint density at radius 2 is 2.06 bits per heavy atom. The Morgan fingerprint density at radius 1 is 1.33 bits per heavy atom. The summed E-state index contributed by atoms with van der Waals surface area (Å²) in [4.78, 5) is 0. The van der Waals surface area contributed by atoms with Crippen LogP contribution in [0.3, 0.4) is 0 Å². The van der Waals surface area contributed by atoms with Crippen LogP contribution in [0, 0.1) is 11.6 Å². The molecule has 0 amide bonds. The first-order valence-corrected chi connectivity index (χ1v) is 6.75. The summed E-state index contributed by atoms with van der Waals surface area (Å²) < 4.78 is 28.2. The van der Waals surface area contributed by atoms with Crippen LogP contribution in [0.1, 0.15) is 31.0 Å². The molecular formula is C13H13BrF2N2. The number of halogens is 3. The van der Waals surface area contributed by atoms with E-state index in [-0.39, 0.29) is 11.6 Å². The number of hydrogen-bond donors (Lipinski definition) is 0. The standard InChI is InChI=1S/C13H13BrF2N2/c1-8(2)13-9(6-14)7-17-18(13)12-4-3-10(15)5-11(12)16/h3-5,7-8H,6H2,1-2H3. The van der Waals surface area contributed by atoms with Crippen LogP contribution >= 0.6 is 15.9 Å². The molecular weight excluding hydrogens is 302 g/mol. The molecule has 2 aromatic rings. The van der Waals surface area contributed by atoms with E-state index in [9.17, 15) is 8.78 Å². The summed E-state index contributed by atoms with van der Waals surface area (Å²) >= 11 is 3.39. The van der Waals surface area contributed by atoms with Crippen molar-refractivity contribution in [3.05, 3.63) is 47.3 Å². The van der Waals surface area contributed by atoms with Gasteiger partial charge >= 0.3 is 0 Å². The topological polar surface area (TPSA) is 17.8 Å². The van der Waals surface area contributed by atoms with Crippen LogP contribution in [0.5, 0.6) is 0 Å². The number of rotatable bonds is 3. The molecule has 0 radical (unpaired) electrons. The lowest BCUT2D eigenvalue weighted by Gasteiger charge is -2.12. The molecule has 0 saturated carbocycles. The summed E-state index contributed by atoms with van der Waals surface area (Å²) in [5.41, 5.74) is 2.21. The minimum Gasteiger partial charge on any atom is -0.234 e. The Labute approximate surface area is 113 Å². The van der Waals surface area contributed by atoms with Crippen LogP contribution in [0.25, 0.3) is 5.69 Å². The van der Waals surface area contributed by atoms with E-state index in [0.717, 1.165) is 17.3 Å². The third-order valence-electron chi connectivity index (χ3n) is 2.71. The van der Waals surface area contributed by atoms with Crippen molar-refractivity contribution < 1.29 is 8.78 Å². The zero-order valence-electron chi connectivity index (χ0n) is 10.1. The predicted molar refractivity (Wildman–Crippen MR) is 70.2 cm³/mol. The highest BCUT2D eigenvalue weighted by molar-refractivity contribution is 9.08.